The molecular formula is C15H18F2N2O4. The van der Waals surface area contributed by atoms with Crippen LogP contribution in [-0.2, 0) is 4.79 Å². The van der Waals surface area contributed by atoms with E-state index in [0.717, 1.165) is 4.90 Å². The van der Waals surface area contributed by atoms with Gasteiger partial charge in [0.1, 0.15) is 5.60 Å². The second-order valence-electron chi connectivity index (χ2n) is 6.02. The average Bonchev–Trinajstić information content (AvgIpc) is 3.05. The van der Waals surface area contributed by atoms with Gasteiger partial charge in [0.05, 0.1) is 6.26 Å². The van der Waals surface area contributed by atoms with E-state index in [2.05, 4.69) is 0 Å². The molecule has 1 aliphatic heterocycles. The van der Waals surface area contributed by atoms with Gasteiger partial charge in [-0.2, -0.15) is 8.78 Å². The third kappa shape index (κ3) is 2.60. The molecule has 2 aliphatic rings. The molecule has 1 aliphatic carbocycles. The molecule has 8 heteroatoms. The van der Waals surface area contributed by atoms with Crippen molar-refractivity contribution >= 4 is 11.8 Å². The molecule has 0 bridgehead atoms. The zero-order valence-electron chi connectivity index (χ0n) is 12.5. The summed E-state index contributed by atoms with van der Waals surface area (Å²) in [4.78, 5) is 26.6. The molecule has 1 N–H and O–H groups in total. The molecule has 1 saturated heterocycles. The standard InChI is InChI=1S/C15H18F2N2O4/c16-15(17,14(22)4-2-5-14)13(21)19-8-6-18(7-9-19)12(20)11-3-1-10-23-11/h1,3,10,22H,2,4-9H2. The summed E-state index contributed by atoms with van der Waals surface area (Å²) < 4.78 is 33.4. The number of halogens is 2. The van der Waals surface area contributed by atoms with Crippen LogP contribution in [0.25, 0.3) is 0 Å². The fraction of sp³-hybridized carbons (Fsp3) is 0.600. The molecule has 126 valence electrons. The molecule has 23 heavy (non-hydrogen) atoms. The summed E-state index contributed by atoms with van der Waals surface area (Å²) in [5.74, 6) is -5.28. The summed E-state index contributed by atoms with van der Waals surface area (Å²) in [5, 5.41) is 9.83. The molecule has 1 aromatic rings. The lowest BCUT2D eigenvalue weighted by atomic mass is 9.75. The average molecular weight is 328 g/mol. The minimum Gasteiger partial charge on any atom is -0.459 e. The predicted octanol–water partition coefficient (Wildman–Crippen LogP) is 1.11. The second kappa shape index (κ2) is 5.59. The summed E-state index contributed by atoms with van der Waals surface area (Å²) in [6.45, 7) is 0.327. The first-order valence-electron chi connectivity index (χ1n) is 7.57. The third-order valence-corrected chi connectivity index (χ3v) is 4.62. The number of carbonyl (C=O) groups excluding carboxylic acids is 2. The molecule has 0 atom stereocenters. The van der Waals surface area contributed by atoms with Crippen molar-refractivity contribution in [1.82, 2.24) is 9.80 Å². The normalized spacial score (nSPS) is 21.0. The SMILES string of the molecule is O=C(c1ccco1)N1CCN(C(=O)C(F)(F)C2(O)CCC2)CC1. The first-order valence-corrected chi connectivity index (χ1v) is 7.57. The second-order valence-corrected chi connectivity index (χ2v) is 6.02. The number of hydrogen-bond donors (Lipinski definition) is 1. The molecule has 0 unspecified atom stereocenters. The molecule has 0 radical (unpaired) electrons. The van der Waals surface area contributed by atoms with Crippen molar-refractivity contribution < 1.29 is 27.9 Å². The maximum absolute atomic E-state index is 14.2. The van der Waals surface area contributed by atoms with Crippen molar-refractivity contribution in [2.75, 3.05) is 26.2 Å². The maximum Gasteiger partial charge on any atom is 0.352 e. The number of amides is 2. The molecule has 1 aromatic heterocycles. The van der Waals surface area contributed by atoms with Crippen molar-refractivity contribution in [1.29, 1.82) is 0 Å². The Morgan fingerprint density at radius 3 is 2.26 bits per heavy atom. The van der Waals surface area contributed by atoms with Gasteiger partial charge in [0, 0.05) is 26.2 Å². The summed E-state index contributed by atoms with van der Waals surface area (Å²) in [6.07, 6.45) is 1.74. The fourth-order valence-corrected chi connectivity index (χ4v) is 2.89. The van der Waals surface area contributed by atoms with E-state index in [-0.39, 0.29) is 50.7 Å². The summed E-state index contributed by atoms with van der Waals surface area (Å²) in [5.41, 5.74) is -2.22. The van der Waals surface area contributed by atoms with Crippen LogP contribution in [0.5, 0.6) is 0 Å². The fourth-order valence-electron chi connectivity index (χ4n) is 2.89. The first kappa shape index (κ1) is 15.9. The van der Waals surface area contributed by atoms with Crippen molar-refractivity contribution in [3.8, 4) is 0 Å². The summed E-state index contributed by atoms with van der Waals surface area (Å²) in [7, 11) is 0. The highest BCUT2D eigenvalue weighted by atomic mass is 19.3. The van der Waals surface area contributed by atoms with Gasteiger partial charge in [-0.3, -0.25) is 9.59 Å². The van der Waals surface area contributed by atoms with E-state index in [1.807, 2.05) is 0 Å². The van der Waals surface area contributed by atoms with Gasteiger partial charge in [0.25, 0.3) is 11.8 Å². The van der Waals surface area contributed by atoms with Crippen LogP contribution >= 0.6 is 0 Å². The number of piperazine rings is 1. The molecule has 2 amide bonds. The lowest BCUT2D eigenvalue weighted by molar-refractivity contribution is -0.224. The Balaban J connectivity index is 1.60. The Kier molecular flexibility index (Phi) is 3.87. The van der Waals surface area contributed by atoms with Crippen LogP contribution in [0.2, 0.25) is 0 Å². The van der Waals surface area contributed by atoms with Crippen molar-refractivity contribution in [2.45, 2.75) is 30.8 Å². The highest BCUT2D eigenvalue weighted by Crippen LogP contribution is 2.45. The number of alkyl halides is 2. The van der Waals surface area contributed by atoms with Crippen LogP contribution in [0.3, 0.4) is 0 Å². The van der Waals surface area contributed by atoms with E-state index in [0.29, 0.717) is 6.42 Å². The highest BCUT2D eigenvalue weighted by Gasteiger charge is 2.62. The van der Waals surface area contributed by atoms with Gasteiger partial charge in [-0.1, -0.05) is 0 Å². The number of nitrogens with zero attached hydrogens (tertiary/aromatic N) is 2. The molecule has 1 saturated carbocycles. The molecule has 2 fully saturated rings. The monoisotopic (exact) mass is 328 g/mol. The first-order chi connectivity index (χ1) is 10.8. The zero-order chi connectivity index (χ0) is 16.7. The lowest BCUT2D eigenvalue weighted by Gasteiger charge is -2.44. The van der Waals surface area contributed by atoms with Gasteiger partial charge in [-0.05, 0) is 31.4 Å². The maximum atomic E-state index is 14.2. The number of hydrogen-bond acceptors (Lipinski definition) is 4. The molecule has 0 spiro atoms. The van der Waals surface area contributed by atoms with Crippen molar-refractivity contribution in [3.63, 3.8) is 0 Å². The minimum absolute atomic E-state index is 0.0109. The minimum atomic E-state index is -3.78. The van der Waals surface area contributed by atoms with E-state index in [4.69, 9.17) is 4.42 Å². The van der Waals surface area contributed by atoms with Gasteiger partial charge in [-0.15, -0.1) is 0 Å². The quantitative estimate of drug-likeness (QED) is 0.902. The van der Waals surface area contributed by atoms with E-state index in [1.54, 1.807) is 6.07 Å². The van der Waals surface area contributed by atoms with E-state index in [1.165, 1.54) is 17.2 Å². The van der Waals surface area contributed by atoms with E-state index < -0.39 is 17.4 Å². The Hall–Kier alpha value is -1.96. The Morgan fingerprint density at radius 1 is 1.17 bits per heavy atom. The Labute approximate surface area is 131 Å². The van der Waals surface area contributed by atoms with E-state index in [9.17, 15) is 23.5 Å². The molecule has 3 rings (SSSR count). The van der Waals surface area contributed by atoms with Crippen LogP contribution in [0.4, 0.5) is 8.78 Å². The number of rotatable bonds is 3. The van der Waals surface area contributed by atoms with Gasteiger partial charge in [-0.25, -0.2) is 0 Å². The zero-order valence-corrected chi connectivity index (χ0v) is 12.5. The van der Waals surface area contributed by atoms with Crippen LogP contribution in [0.1, 0.15) is 29.8 Å². The van der Waals surface area contributed by atoms with Gasteiger partial charge < -0.3 is 19.3 Å². The van der Waals surface area contributed by atoms with E-state index >= 15 is 0 Å². The van der Waals surface area contributed by atoms with Crippen molar-refractivity contribution in [2.24, 2.45) is 0 Å². The Morgan fingerprint density at radius 2 is 1.78 bits per heavy atom. The number of furan rings is 1. The lowest BCUT2D eigenvalue weighted by Crippen LogP contribution is -2.63. The smallest absolute Gasteiger partial charge is 0.352 e. The number of carbonyl (C=O) groups is 2. The van der Waals surface area contributed by atoms with Gasteiger partial charge in [0.15, 0.2) is 5.76 Å². The number of aliphatic hydroxyl groups is 1. The summed E-state index contributed by atoms with van der Waals surface area (Å²) >= 11 is 0. The van der Waals surface area contributed by atoms with Crippen LogP contribution in [0.15, 0.2) is 22.8 Å². The molecular weight excluding hydrogens is 310 g/mol. The molecule has 6 nitrogen and oxygen atoms in total. The topological polar surface area (TPSA) is 74.0 Å². The highest BCUT2D eigenvalue weighted by molar-refractivity contribution is 5.92. The van der Waals surface area contributed by atoms with Crippen LogP contribution < -0.4 is 0 Å². The van der Waals surface area contributed by atoms with Crippen molar-refractivity contribution in [3.05, 3.63) is 24.2 Å². The summed E-state index contributed by atoms with van der Waals surface area (Å²) in [6, 6.07) is 3.12. The predicted molar refractivity (Wildman–Crippen MR) is 74.9 cm³/mol. The Bertz CT molecular complexity index is 591. The largest absolute Gasteiger partial charge is 0.459 e. The molecule has 2 heterocycles. The van der Waals surface area contributed by atoms with Gasteiger partial charge >= 0.3 is 5.92 Å². The van der Waals surface area contributed by atoms with Crippen LogP contribution in [-0.4, -0.2) is 64.4 Å². The third-order valence-electron chi connectivity index (χ3n) is 4.62. The van der Waals surface area contributed by atoms with Crippen LogP contribution in [0, 0.1) is 0 Å². The molecule has 0 aromatic carbocycles. The van der Waals surface area contributed by atoms with Gasteiger partial charge in [0.2, 0.25) is 0 Å².